The average molecular weight is 283 g/mol. The zero-order valence-corrected chi connectivity index (χ0v) is 11.0. The normalized spacial score (nSPS) is 10.5. The van der Waals surface area contributed by atoms with Crippen molar-refractivity contribution in [3.8, 4) is 23.0 Å². The molecule has 0 saturated carbocycles. The quantitative estimate of drug-likeness (QED) is 0.638. The van der Waals surface area contributed by atoms with Gasteiger partial charge in [-0.3, -0.25) is 0 Å². The Morgan fingerprint density at radius 2 is 1.95 bits per heavy atom. The molecular formula is C15H13N3O3. The lowest BCUT2D eigenvalue weighted by Gasteiger charge is -2.08. The van der Waals surface area contributed by atoms with Gasteiger partial charge in [-0.25, -0.2) is 0 Å². The average Bonchev–Trinajstić information content (AvgIpc) is 3.03. The lowest BCUT2D eigenvalue weighted by molar-refractivity contribution is 0.403. The first-order valence-electron chi connectivity index (χ1n) is 6.34. The van der Waals surface area contributed by atoms with Crippen molar-refractivity contribution in [2.24, 2.45) is 0 Å². The van der Waals surface area contributed by atoms with Crippen LogP contribution in [0.4, 0.5) is 5.69 Å². The molecule has 106 valence electrons. The van der Waals surface area contributed by atoms with Crippen LogP contribution in [0.1, 0.15) is 5.56 Å². The van der Waals surface area contributed by atoms with Crippen LogP contribution in [0.15, 0.2) is 53.3 Å². The summed E-state index contributed by atoms with van der Waals surface area (Å²) in [5.41, 5.74) is 2.57. The van der Waals surface area contributed by atoms with Gasteiger partial charge in [-0.05, 0) is 35.9 Å². The molecule has 6 nitrogen and oxygen atoms in total. The summed E-state index contributed by atoms with van der Waals surface area (Å²) in [6, 6.07) is 12.3. The number of nitrogens with zero attached hydrogens (tertiary/aromatic N) is 2. The van der Waals surface area contributed by atoms with Crippen molar-refractivity contribution in [2.75, 3.05) is 5.32 Å². The highest BCUT2D eigenvalue weighted by Crippen LogP contribution is 2.26. The van der Waals surface area contributed by atoms with Crippen LogP contribution in [-0.2, 0) is 6.54 Å². The number of rotatable bonds is 4. The molecule has 0 unspecified atom stereocenters. The van der Waals surface area contributed by atoms with Crippen LogP contribution in [0.25, 0.3) is 11.5 Å². The molecule has 1 aromatic heterocycles. The summed E-state index contributed by atoms with van der Waals surface area (Å²) in [4.78, 5) is 0. The molecule has 0 atom stereocenters. The second kappa shape index (κ2) is 5.54. The number of phenols is 2. The van der Waals surface area contributed by atoms with Crippen LogP contribution >= 0.6 is 0 Å². The van der Waals surface area contributed by atoms with Crippen LogP contribution in [-0.4, -0.2) is 20.4 Å². The lowest BCUT2D eigenvalue weighted by atomic mass is 10.1. The number of hydrogen-bond donors (Lipinski definition) is 3. The highest BCUT2D eigenvalue weighted by atomic mass is 16.4. The highest BCUT2D eigenvalue weighted by molar-refractivity contribution is 5.61. The van der Waals surface area contributed by atoms with E-state index >= 15 is 0 Å². The topological polar surface area (TPSA) is 91.4 Å². The van der Waals surface area contributed by atoms with Crippen LogP contribution in [0.3, 0.4) is 0 Å². The van der Waals surface area contributed by atoms with Gasteiger partial charge >= 0.3 is 0 Å². The minimum atomic E-state index is -0.131. The maximum atomic E-state index is 9.46. The molecule has 0 bridgehead atoms. The summed E-state index contributed by atoms with van der Waals surface area (Å²) < 4.78 is 5.16. The minimum Gasteiger partial charge on any atom is -0.504 e. The molecule has 6 heteroatoms. The standard InChI is InChI=1S/C15H13N3O3/c19-13-5-4-10(6-14(13)20)8-16-12-3-1-2-11(7-12)15-18-17-9-21-15/h1-7,9,16,19-20H,8H2. The molecule has 0 amide bonds. The van der Waals surface area contributed by atoms with E-state index in [0.29, 0.717) is 12.4 Å². The van der Waals surface area contributed by atoms with Crippen molar-refractivity contribution >= 4 is 5.69 Å². The third-order valence-corrected chi connectivity index (χ3v) is 3.01. The van der Waals surface area contributed by atoms with Crippen LogP contribution in [0.5, 0.6) is 11.5 Å². The Balaban J connectivity index is 1.73. The summed E-state index contributed by atoms with van der Waals surface area (Å²) >= 11 is 0. The van der Waals surface area contributed by atoms with E-state index in [0.717, 1.165) is 16.8 Å². The van der Waals surface area contributed by atoms with E-state index < -0.39 is 0 Å². The lowest BCUT2D eigenvalue weighted by Crippen LogP contribution is -1.99. The van der Waals surface area contributed by atoms with Gasteiger partial charge in [-0.2, -0.15) is 0 Å². The zero-order valence-electron chi connectivity index (χ0n) is 11.0. The summed E-state index contributed by atoms with van der Waals surface area (Å²) in [7, 11) is 0. The molecule has 3 N–H and O–H groups in total. The van der Waals surface area contributed by atoms with Crippen LogP contribution < -0.4 is 5.32 Å². The first-order chi connectivity index (χ1) is 10.2. The Hall–Kier alpha value is -3.02. The van der Waals surface area contributed by atoms with Gasteiger partial charge in [0.25, 0.3) is 0 Å². The molecule has 3 aromatic rings. The molecule has 0 aliphatic heterocycles. The molecule has 0 spiro atoms. The number of benzene rings is 2. The Morgan fingerprint density at radius 1 is 1.05 bits per heavy atom. The van der Waals surface area contributed by atoms with Gasteiger partial charge in [0.05, 0.1) is 0 Å². The Morgan fingerprint density at radius 3 is 2.71 bits per heavy atom. The molecule has 1 heterocycles. The van der Waals surface area contributed by atoms with E-state index in [1.165, 1.54) is 18.5 Å². The fourth-order valence-corrected chi connectivity index (χ4v) is 1.94. The molecule has 0 aliphatic carbocycles. The van der Waals surface area contributed by atoms with E-state index in [1.54, 1.807) is 6.07 Å². The zero-order chi connectivity index (χ0) is 14.7. The Kier molecular flexibility index (Phi) is 3.42. The second-order valence-electron chi connectivity index (χ2n) is 4.50. The number of aromatic nitrogens is 2. The van der Waals surface area contributed by atoms with Crippen LogP contribution in [0.2, 0.25) is 0 Å². The second-order valence-corrected chi connectivity index (χ2v) is 4.50. The van der Waals surface area contributed by atoms with E-state index in [4.69, 9.17) is 4.42 Å². The van der Waals surface area contributed by atoms with E-state index in [-0.39, 0.29) is 11.5 Å². The summed E-state index contributed by atoms with van der Waals surface area (Å²) in [5.74, 6) is 0.201. The Labute approximate surface area is 120 Å². The number of hydrogen-bond acceptors (Lipinski definition) is 6. The SMILES string of the molecule is Oc1ccc(CNc2cccc(-c3nnco3)c2)cc1O. The fraction of sp³-hybridized carbons (Fsp3) is 0.0667. The van der Waals surface area contributed by atoms with E-state index in [9.17, 15) is 10.2 Å². The molecule has 3 rings (SSSR count). The third-order valence-electron chi connectivity index (χ3n) is 3.01. The maximum Gasteiger partial charge on any atom is 0.247 e. The summed E-state index contributed by atoms with van der Waals surface area (Å²) in [6.07, 6.45) is 1.29. The van der Waals surface area contributed by atoms with Crippen molar-refractivity contribution in [1.29, 1.82) is 0 Å². The summed E-state index contributed by atoms with van der Waals surface area (Å²) in [5, 5.41) is 29.5. The fourth-order valence-electron chi connectivity index (χ4n) is 1.94. The first-order valence-corrected chi connectivity index (χ1v) is 6.34. The Bertz CT molecular complexity index is 742. The van der Waals surface area contributed by atoms with Gasteiger partial charge in [0, 0.05) is 17.8 Å². The van der Waals surface area contributed by atoms with Gasteiger partial charge in [0.2, 0.25) is 12.3 Å². The van der Waals surface area contributed by atoms with Gasteiger partial charge in [-0.15, -0.1) is 10.2 Å². The van der Waals surface area contributed by atoms with Gasteiger partial charge in [-0.1, -0.05) is 12.1 Å². The highest BCUT2D eigenvalue weighted by Gasteiger charge is 2.05. The van der Waals surface area contributed by atoms with Crippen molar-refractivity contribution in [3.63, 3.8) is 0 Å². The largest absolute Gasteiger partial charge is 0.504 e. The molecular weight excluding hydrogens is 270 g/mol. The number of nitrogens with one attached hydrogen (secondary N) is 1. The number of anilines is 1. The predicted molar refractivity (Wildman–Crippen MR) is 76.8 cm³/mol. The number of phenolic OH excluding ortho intramolecular Hbond substituents is 2. The maximum absolute atomic E-state index is 9.46. The first kappa shape index (κ1) is 13.0. The van der Waals surface area contributed by atoms with Crippen molar-refractivity contribution in [1.82, 2.24) is 10.2 Å². The van der Waals surface area contributed by atoms with E-state index in [1.807, 2.05) is 24.3 Å². The monoisotopic (exact) mass is 283 g/mol. The molecule has 21 heavy (non-hydrogen) atoms. The van der Waals surface area contributed by atoms with Gasteiger partial charge < -0.3 is 19.9 Å². The predicted octanol–water partition coefficient (Wildman–Crippen LogP) is 2.76. The molecule has 0 aliphatic rings. The molecule has 0 saturated heterocycles. The number of aromatic hydroxyl groups is 2. The molecule has 0 radical (unpaired) electrons. The van der Waals surface area contributed by atoms with Crippen molar-refractivity contribution in [3.05, 3.63) is 54.4 Å². The van der Waals surface area contributed by atoms with Crippen molar-refractivity contribution < 1.29 is 14.6 Å². The van der Waals surface area contributed by atoms with Crippen LogP contribution in [0, 0.1) is 0 Å². The summed E-state index contributed by atoms with van der Waals surface area (Å²) in [6.45, 7) is 0.515. The third kappa shape index (κ3) is 2.94. The van der Waals surface area contributed by atoms with Crippen molar-refractivity contribution in [2.45, 2.75) is 6.54 Å². The minimum absolute atomic E-state index is 0.128. The van der Waals surface area contributed by atoms with E-state index in [2.05, 4.69) is 15.5 Å². The molecule has 0 fully saturated rings. The molecule has 2 aromatic carbocycles. The van der Waals surface area contributed by atoms with Gasteiger partial charge in [0.15, 0.2) is 11.5 Å². The smallest absolute Gasteiger partial charge is 0.247 e. The van der Waals surface area contributed by atoms with Gasteiger partial charge in [0.1, 0.15) is 0 Å².